The van der Waals surface area contributed by atoms with Gasteiger partial charge in [0.25, 0.3) is 5.89 Å². The minimum absolute atomic E-state index is 0.0208. The van der Waals surface area contributed by atoms with Gasteiger partial charge in [0.15, 0.2) is 6.61 Å². The normalized spacial score (nSPS) is 13.5. The van der Waals surface area contributed by atoms with Crippen LogP contribution in [-0.4, -0.2) is 16.1 Å². The number of rotatable bonds is 4. The molecule has 4 rings (SSSR count). The Balaban J connectivity index is 1.41. The molecule has 2 aromatic heterocycles. The molecule has 1 aliphatic carbocycles. The third-order valence-electron chi connectivity index (χ3n) is 4.16. The maximum Gasteiger partial charge on any atom is 0.338 e. The van der Waals surface area contributed by atoms with E-state index in [1.807, 2.05) is 35.0 Å². The van der Waals surface area contributed by atoms with Crippen molar-refractivity contribution in [2.75, 3.05) is 0 Å². The van der Waals surface area contributed by atoms with Gasteiger partial charge in [-0.05, 0) is 60.4 Å². The number of aryl methyl sites for hydroxylation is 2. The van der Waals surface area contributed by atoms with E-state index in [1.54, 1.807) is 11.3 Å². The van der Waals surface area contributed by atoms with Gasteiger partial charge < -0.3 is 9.26 Å². The minimum atomic E-state index is -0.362. The largest absolute Gasteiger partial charge is 0.452 e. The van der Waals surface area contributed by atoms with E-state index in [4.69, 9.17) is 9.26 Å². The first-order valence-corrected chi connectivity index (χ1v) is 8.88. The molecule has 5 nitrogen and oxygen atoms in total. The molecule has 1 aliphatic rings. The quantitative estimate of drug-likeness (QED) is 0.671. The molecule has 0 bridgehead atoms. The summed E-state index contributed by atoms with van der Waals surface area (Å²) >= 11 is 1.56. The highest BCUT2D eigenvalue weighted by Crippen LogP contribution is 2.23. The van der Waals surface area contributed by atoms with E-state index in [9.17, 15) is 4.79 Å². The van der Waals surface area contributed by atoms with Gasteiger partial charge in [0.2, 0.25) is 5.82 Å². The van der Waals surface area contributed by atoms with Crippen molar-refractivity contribution >= 4 is 17.3 Å². The Hall–Kier alpha value is -2.47. The SMILES string of the molecule is O=C(OCc1nc(-c2ccsc2)no1)c1ccc2c(c1)CCCC2. The summed E-state index contributed by atoms with van der Waals surface area (Å²) < 4.78 is 10.4. The molecule has 0 amide bonds. The number of thiophene rings is 1. The van der Waals surface area contributed by atoms with E-state index < -0.39 is 0 Å². The summed E-state index contributed by atoms with van der Waals surface area (Å²) in [5.41, 5.74) is 4.08. The number of benzene rings is 1. The van der Waals surface area contributed by atoms with Crippen LogP contribution in [0, 0.1) is 0 Å². The molecule has 0 N–H and O–H groups in total. The minimum Gasteiger partial charge on any atom is -0.452 e. The number of carbonyl (C=O) groups excluding carboxylic acids is 1. The number of fused-ring (bicyclic) bond motifs is 1. The van der Waals surface area contributed by atoms with E-state index in [2.05, 4.69) is 10.1 Å². The molecule has 0 radical (unpaired) electrons. The molecule has 0 aliphatic heterocycles. The van der Waals surface area contributed by atoms with Crippen LogP contribution >= 0.6 is 11.3 Å². The Bertz CT molecular complexity index is 855. The summed E-state index contributed by atoms with van der Waals surface area (Å²) in [7, 11) is 0. The summed E-state index contributed by atoms with van der Waals surface area (Å²) in [5, 5.41) is 7.78. The first-order valence-electron chi connectivity index (χ1n) is 7.94. The second kappa shape index (κ2) is 6.57. The Labute approximate surface area is 143 Å². The fourth-order valence-corrected chi connectivity index (χ4v) is 3.53. The van der Waals surface area contributed by atoms with Crippen molar-refractivity contribution in [2.45, 2.75) is 32.3 Å². The second-order valence-corrected chi connectivity index (χ2v) is 6.57. The van der Waals surface area contributed by atoms with Gasteiger partial charge in [-0.25, -0.2) is 4.79 Å². The van der Waals surface area contributed by atoms with Crippen LogP contribution in [0.4, 0.5) is 0 Å². The Morgan fingerprint density at radius 3 is 2.92 bits per heavy atom. The third-order valence-corrected chi connectivity index (χ3v) is 4.84. The first-order chi connectivity index (χ1) is 11.8. The van der Waals surface area contributed by atoms with Crippen LogP contribution in [0.15, 0.2) is 39.5 Å². The molecule has 24 heavy (non-hydrogen) atoms. The van der Waals surface area contributed by atoms with Gasteiger partial charge in [-0.15, -0.1) is 0 Å². The summed E-state index contributed by atoms with van der Waals surface area (Å²) in [6.45, 7) is -0.0208. The van der Waals surface area contributed by atoms with Crippen molar-refractivity contribution in [1.29, 1.82) is 0 Å². The van der Waals surface area contributed by atoms with Crippen molar-refractivity contribution in [3.05, 3.63) is 57.6 Å². The average Bonchev–Trinajstić information content (AvgIpc) is 3.30. The number of hydrogen-bond donors (Lipinski definition) is 0. The number of nitrogens with zero attached hydrogens (tertiary/aromatic N) is 2. The molecule has 1 aromatic carbocycles. The average molecular weight is 340 g/mol. The Morgan fingerprint density at radius 1 is 1.21 bits per heavy atom. The second-order valence-electron chi connectivity index (χ2n) is 5.79. The molecule has 0 fully saturated rings. The molecule has 0 spiro atoms. The van der Waals surface area contributed by atoms with Gasteiger partial charge in [0, 0.05) is 10.9 Å². The maximum atomic E-state index is 12.2. The third kappa shape index (κ3) is 3.10. The van der Waals surface area contributed by atoms with Crippen LogP contribution in [0.2, 0.25) is 0 Å². The molecule has 2 heterocycles. The zero-order valence-electron chi connectivity index (χ0n) is 13.0. The molecule has 122 valence electrons. The fraction of sp³-hybridized carbons (Fsp3) is 0.278. The monoisotopic (exact) mass is 340 g/mol. The van der Waals surface area contributed by atoms with Gasteiger partial charge in [-0.2, -0.15) is 16.3 Å². The smallest absolute Gasteiger partial charge is 0.338 e. The van der Waals surface area contributed by atoms with Gasteiger partial charge in [-0.1, -0.05) is 11.2 Å². The predicted octanol–water partition coefficient (Wildman–Crippen LogP) is 4.03. The molecular formula is C18H16N2O3S. The Kier molecular flexibility index (Phi) is 4.13. The van der Waals surface area contributed by atoms with E-state index in [1.165, 1.54) is 24.0 Å². The van der Waals surface area contributed by atoms with Crippen molar-refractivity contribution in [3.63, 3.8) is 0 Å². The van der Waals surface area contributed by atoms with Gasteiger partial charge >= 0.3 is 5.97 Å². The van der Waals surface area contributed by atoms with Crippen LogP contribution in [-0.2, 0) is 24.2 Å². The predicted molar refractivity (Wildman–Crippen MR) is 89.8 cm³/mol. The lowest BCUT2D eigenvalue weighted by Gasteiger charge is -2.16. The molecule has 6 heteroatoms. The van der Waals surface area contributed by atoms with Crippen LogP contribution in [0.3, 0.4) is 0 Å². The lowest BCUT2D eigenvalue weighted by atomic mass is 9.90. The zero-order valence-corrected chi connectivity index (χ0v) is 13.8. The molecule has 3 aromatic rings. The summed E-state index contributed by atoms with van der Waals surface area (Å²) in [6, 6.07) is 7.73. The molecule has 0 unspecified atom stereocenters. The van der Waals surface area contributed by atoms with Crippen molar-refractivity contribution in [2.24, 2.45) is 0 Å². The van der Waals surface area contributed by atoms with Crippen molar-refractivity contribution < 1.29 is 14.1 Å². The maximum absolute atomic E-state index is 12.2. The lowest BCUT2D eigenvalue weighted by Crippen LogP contribution is -2.09. The molecule has 0 saturated carbocycles. The van der Waals surface area contributed by atoms with Crippen molar-refractivity contribution in [3.8, 4) is 11.4 Å². The Morgan fingerprint density at radius 2 is 2.08 bits per heavy atom. The van der Waals surface area contributed by atoms with E-state index >= 15 is 0 Å². The number of hydrogen-bond acceptors (Lipinski definition) is 6. The molecular weight excluding hydrogens is 324 g/mol. The highest BCUT2D eigenvalue weighted by Gasteiger charge is 2.15. The number of carbonyl (C=O) groups is 1. The van der Waals surface area contributed by atoms with Crippen LogP contribution < -0.4 is 0 Å². The van der Waals surface area contributed by atoms with E-state index in [0.717, 1.165) is 18.4 Å². The van der Waals surface area contributed by atoms with Crippen LogP contribution in [0.1, 0.15) is 40.2 Å². The fourth-order valence-electron chi connectivity index (χ4n) is 2.89. The van der Waals surface area contributed by atoms with E-state index in [0.29, 0.717) is 17.3 Å². The first kappa shape index (κ1) is 15.1. The lowest BCUT2D eigenvalue weighted by molar-refractivity contribution is 0.0429. The topological polar surface area (TPSA) is 65.2 Å². The van der Waals surface area contributed by atoms with E-state index in [-0.39, 0.29) is 12.6 Å². The molecule has 0 atom stereocenters. The number of ether oxygens (including phenoxy) is 1. The zero-order chi connectivity index (χ0) is 16.4. The summed E-state index contributed by atoms with van der Waals surface area (Å²) in [5.74, 6) is 0.442. The van der Waals surface area contributed by atoms with Gasteiger partial charge in [0.1, 0.15) is 0 Å². The number of aromatic nitrogens is 2. The van der Waals surface area contributed by atoms with Crippen LogP contribution in [0.25, 0.3) is 11.4 Å². The summed E-state index contributed by atoms with van der Waals surface area (Å²) in [4.78, 5) is 16.5. The standard InChI is InChI=1S/C18H16N2O3S/c21-18(14-6-5-12-3-1-2-4-13(12)9-14)22-10-16-19-17(20-23-16)15-7-8-24-11-15/h5-9,11H,1-4,10H2. The highest BCUT2D eigenvalue weighted by atomic mass is 32.1. The number of esters is 1. The highest BCUT2D eigenvalue weighted by molar-refractivity contribution is 7.08. The van der Waals surface area contributed by atoms with Gasteiger partial charge in [-0.3, -0.25) is 0 Å². The van der Waals surface area contributed by atoms with Crippen molar-refractivity contribution in [1.82, 2.24) is 10.1 Å². The summed E-state index contributed by atoms with van der Waals surface area (Å²) in [6.07, 6.45) is 4.53. The van der Waals surface area contributed by atoms with Gasteiger partial charge in [0.05, 0.1) is 5.56 Å². The molecule has 0 saturated heterocycles. The van der Waals surface area contributed by atoms with Crippen LogP contribution in [0.5, 0.6) is 0 Å².